The number of rotatable bonds is 7. The molecule has 268 valence electrons. The van der Waals surface area contributed by atoms with Crippen molar-refractivity contribution in [3.63, 3.8) is 0 Å². The highest BCUT2D eigenvalue weighted by Crippen LogP contribution is 2.40. The second kappa shape index (κ2) is 14.3. The van der Waals surface area contributed by atoms with Crippen molar-refractivity contribution in [3.05, 3.63) is 101 Å². The van der Waals surface area contributed by atoms with Gasteiger partial charge in [0.25, 0.3) is 5.91 Å². The largest absolute Gasteiger partial charge is 0.416 e. The quantitative estimate of drug-likeness (QED) is 0.282. The Labute approximate surface area is 283 Å². The standard InChI is InChI=1S/C35H35F7N4O4/c1-44(27-17-24(34(37,38)39)16-25(18-27)35(40,41)42)32(49)45(2)29-20-46(19-28(29)22-8-10-26(36)11-9-22)31(48)33(12-14-50-15-13-33)21-43-30(47)23-6-4-3-5-7-23/h3-11,16-18,28-29H,12-15,19-21H2,1-2H3,(H,43,47)/t28-,29+/m0/s1. The molecule has 2 aliphatic rings. The molecular weight excluding hydrogens is 673 g/mol. The van der Waals surface area contributed by atoms with Gasteiger partial charge in [-0.25, -0.2) is 9.18 Å². The van der Waals surface area contributed by atoms with Crippen molar-refractivity contribution < 1.29 is 49.9 Å². The van der Waals surface area contributed by atoms with Crippen molar-refractivity contribution in [2.75, 3.05) is 51.8 Å². The fourth-order valence-electron chi connectivity index (χ4n) is 6.51. The lowest BCUT2D eigenvalue weighted by Crippen LogP contribution is -2.53. The predicted molar refractivity (Wildman–Crippen MR) is 169 cm³/mol. The Morgan fingerprint density at radius 2 is 1.44 bits per heavy atom. The first kappa shape index (κ1) is 36.6. The van der Waals surface area contributed by atoms with Gasteiger partial charge in [-0.3, -0.25) is 14.5 Å². The second-order valence-corrected chi connectivity index (χ2v) is 12.6. The second-order valence-electron chi connectivity index (χ2n) is 12.6. The minimum Gasteiger partial charge on any atom is -0.381 e. The highest BCUT2D eigenvalue weighted by Gasteiger charge is 2.48. The van der Waals surface area contributed by atoms with Gasteiger partial charge in [-0.05, 0) is 60.9 Å². The minimum absolute atomic E-state index is 0.000104. The Bertz CT molecular complexity index is 1660. The van der Waals surface area contributed by atoms with Crippen LogP contribution in [0.25, 0.3) is 0 Å². The summed E-state index contributed by atoms with van der Waals surface area (Å²) in [5, 5.41) is 2.86. The summed E-state index contributed by atoms with van der Waals surface area (Å²) < 4.78 is 101. The Hall–Kier alpha value is -4.66. The van der Waals surface area contributed by atoms with Crippen LogP contribution in [0, 0.1) is 11.2 Å². The van der Waals surface area contributed by atoms with Crippen molar-refractivity contribution in [1.82, 2.24) is 15.1 Å². The molecule has 3 aromatic rings. The van der Waals surface area contributed by atoms with E-state index in [1.54, 1.807) is 30.3 Å². The summed E-state index contributed by atoms with van der Waals surface area (Å²) in [7, 11) is 2.41. The summed E-state index contributed by atoms with van der Waals surface area (Å²) in [5.74, 6) is -1.82. The molecule has 1 N–H and O–H groups in total. The van der Waals surface area contributed by atoms with E-state index in [4.69, 9.17) is 4.74 Å². The SMILES string of the molecule is CN(C(=O)N(C)[C@@H]1CN(C(=O)C2(CNC(=O)c3ccccc3)CCOCC2)C[C@H]1c1ccc(F)cc1)c1cc(C(F)(F)F)cc(C(F)(F)F)c1. The van der Waals surface area contributed by atoms with Crippen LogP contribution >= 0.6 is 0 Å². The van der Waals surface area contributed by atoms with Gasteiger partial charge in [-0.1, -0.05) is 30.3 Å². The van der Waals surface area contributed by atoms with Gasteiger partial charge in [0, 0.05) is 64.1 Å². The summed E-state index contributed by atoms with van der Waals surface area (Å²) in [6.45, 7) is 0.521. The predicted octanol–water partition coefficient (Wildman–Crippen LogP) is 6.57. The highest BCUT2D eigenvalue weighted by molar-refractivity contribution is 5.95. The van der Waals surface area contributed by atoms with E-state index in [2.05, 4.69) is 5.32 Å². The molecule has 2 aliphatic heterocycles. The lowest BCUT2D eigenvalue weighted by molar-refractivity contribution is -0.146. The van der Waals surface area contributed by atoms with E-state index in [0.717, 1.165) is 7.05 Å². The number of hydrogen-bond acceptors (Lipinski definition) is 4. The van der Waals surface area contributed by atoms with Crippen LogP contribution in [-0.2, 0) is 21.9 Å². The maximum absolute atomic E-state index is 14.4. The fraction of sp³-hybridized carbons (Fsp3) is 0.400. The van der Waals surface area contributed by atoms with Crippen LogP contribution in [0.4, 0.5) is 41.2 Å². The molecule has 2 atom stereocenters. The topological polar surface area (TPSA) is 82.2 Å². The number of ether oxygens (including phenoxy) is 1. The Kier molecular flexibility index (Phi) is 10.5. The van der Waals surface area contributed by atoms with Gasteiger partial charge in [0.1, 0.15) is 5.82 Å². The molecule has 0 aromatic heterocycles. The Morgan fingerprint density at radius 3 is 2.00 bits per heavy atom. The molecular formula is C35H35F7N4O4. The van der Waals surface area contributed by atoms with Gasteiger partial charge in [0.15, 0.2) is 0 Å². The summed E-state index contributed by atoms with van der Waals surface area (Å²) in [5.41, 5.74) is -3.88. The molecule has 8 nitrogen and oxygen atoms in total. The lowest BCUT2D eigenvalue weighted by Gasteiger charge is -2.39. The number of nitrogens with zero attached hydrogens (tertiary/aromatic N) is 3. The number of carbonyl (C=O) groups excluding carboxylic acids is 3. The first-order valence-corrected chi connectivity index (χ1v) is 15.8. The number of carbonyl (C=O) groups is 3. The van der Waals surface area contributed by atoms with E-state index in [9.17, 15) is 45.1 Å². The van der Waals surface area contributed by atoms with E-state index in [0.29, 0.717) is 28.2 Å². The van der Waals surface area contributed by atoms with Crippen LogP contribution in [0.5, 0.6) is 0 Å². The molecule has 0 bridgehead atoms. The first-order valence-electron chi connectivity index (χ1n) is 15.8. The fourth-order valence-corrected chi connectivity index (χ4v) is 6.51. The van der Waals surface area contributed by atoms with Gasteiger partial charge >= 0.3 is 18.4 Å². The van der Waals surface area contributed by atoms with E-state index in [1.165, 1.54) is 41.1 Å². The van der Waals surface area contributed by atoms with E-state index < -0.39 is 58.4 Å². The van der Waals surface area contributed by atoms with Gasteiger partial charge in [0.05, 0.1) is 22.6 Å². The van der Waals surface area contributed by atoms with E-state index in [-0.39, 0.29) is 63.6 Å². The molecule has 0 radical (unpaired) electrons. The van der Waals surface area contributed by atoms with Crippen LogP contribution in [0.2, 0.25) is 0 Å². The zero-order chi connectivity index (χ0) is 36.4. The minimum atomic E-state index is -5.12. The number of halogens is 7. The van der Waals surface area contributed by atoms with Crippen LogP contribution in [0.15, 0.2) is 72.8 Å². The molecule has 3 aromatic carbocycles. The number of anilines is 1. The van der Waals surface area contributed by atoms with Crippen LogP contribution < -0.4 is 10.2 Å². The number of benzene rings is 3. The third-order valence-corrected chi connectivity index (χ3v) is 9.45. The van der Waals surface area contributed by atoms with Crippen LogP contribution in [0.3, 0.4) is 0 Å². The van der Waals surface area contributed by atoms with Gasteiger partial charge < -0.3 is 19.9 Å². The molecule has 2 heterocycles. The van der Waals surface area contributed by atoms with Crippen molar-refractivity contribution in [3.8, 4) is 0 Å². The highest BCUT2D eigenvalue weighted by atomic mass is 19.4. The zero-order valence-corrected chi connectivity index (χ0v) is 27.2. The van der Waals surface area contributed by atoms with Gasteiger partial charge in [-0.2, -0.15) is 26.3 Å². The average Bonchev–Trinajstić information content (AvgIpc) is 3.55. The van der Waals surface area contributed by atoms with Crippen LogP contribution in [-0.4, -0.2) is 80.6 Å². The molecule has 0 aliphatic carbocycles. The smallest absolute Gasteiger partial charge is 0.381 e. The number of alkyl halides is 6. The summed E-state index contributed by atoms with van der Waals surface area (Å²) in [4.78, 5) is 44.5. The number of hydrogen-bond donors (Lipinski definition) is 1. The first-order chi connectivity index (χ1) is 23.5. The molecule has 2 saturated heterocycles. The zero-order valence-electron chi connectivity index (χ0n) is 27.2. The number of nitrogens with one attached hydrogen (secondary N) is 1. The molecule has 4 amide bonds. The van der Waals surface area contributed by atoms with Crippen molar-refractivity contribution in [2.24, 2.45) is 5.41 Å². The molecule has 0 spiro atoms. The van der Waals surface area contributed by atoms with E-state index >= 15 is 0 Å². The molecule has 0 saturated carbocycles. The van der Waals surface area contributed by atoms with Crippen molar-refractivity contribution in [1.29, 1.82) is 0 Å². The number of likely N-dealkylation sites (N-methyl/N-ethyl adjacent to an activating group) is 1. The maximum Gasteiger partial charge on any atom is 0.416 e. The molecule has 5 rings (SSSR count). The number of amides is 4. The van der Waals surface area contributed by atoms with Crippen molar-refractivity contribution >= 4 is 23.5 Å². The van der Waals surface area contributed by atoms with Crippen molar-refractivity contribution in [2.45, 2.75) is 37.2 Å². The summed E-state index contributed by atoms with van der Waals surface area (Å²) in [6.07, 6.45) is -9.66. The van der Waals surface area contributed by atoms with Gasteiger partial charge in [-0.15, -0.1) is 0 Å². The Morgan fingerprint density at radius 1 is 0.860 bits per heavy atom. The molecule has 15 heteroatoms. The lowest BCUT2D eigenvalue weighted by atomic mass is 9.78. The number of likely N-dealkylation sites (tertiary alicyclic amines) is 1. The molecule has 2 fully saturated rings. The Balaban J connectivity index is 1.43. The normalized spacial score (nSPS) is 19.2. The monoisotopic (exact) mass is 708 g/mol. The summed E-state index contributed by atoms with van der Waals surface area (Å²) >= 11 is 0. The molecule has 0 unspecified atom stereocenters. The van der Waals surface area contributed by atoms with E-state index in [1.807, 2.05) is 0 Å². The maximum atomic E-state index is 14.4. The third-order valence-electron chi connectivity index (χ3n) is 9.45. The van der Waals surface area contributed by atoms with Crippen LogP contribution in [0.1, 0.15) is 45.8 Å². The average molecular weight is 709 g/mol. The van der Waals surface area contributed by atoms with Gasteiger partial charge in [0.2, 0.25) is 5.91 Å². The molecule has 50 heavy (non-hydrogen) atoms. The number of urea groups is 1. The third kappa shape index (κ3) is 7.87. The summed E-state index contributed by atoms with van der Waals surface area (Å²) in [6, 6.07) is 13.0.